The second kappa shape index (κ2) is 11.3. The number of alkyl halides is 1. The maximum absolute atomic E-state index is 16.0. The molecule has 2 aromatic heterocycles. The maximum Gasteiger partial charge on any atom is 0.459 e. The second-order valence-electron chi connectivity index (χ2n) is 9.01. The average molecular weight is 562 g/mol. The smallest absolute Gasteiger partial charge is 0.459 e. The normalized spacial score (nSPS) is 25.2. The number of aliphatic hydroxyl groups is 1. The molecule has 39 heavy (non-hydrogen) atoms. The molecule has 2 unspecified atom stereocenters. The number of benzene rings is 1. The van der Waals surface area contributed by atoms with Gasteiger partial charge < -0.3 is 24.8 Å². The predicted molar refractivity (Wildman–Crippen MR) is 137 cm³/mol. The Kier molecular flexibility index (Phi) is 8.20. The molecule has 0 aliphatic carbocycles. The second-order valence-corrected chi connectivity index (χ2v) is 10.7. The van der Waals surface area contributed by atoms with Gasteiger partial charge in [-0.15, -0.1) is 6.42 Å². The van der Waals surface area contributed by atoms with Crippen LogP contribution in [-0.4, -0.2) is 67.2 Å². The molecule has 13 nitrogen and oxygen atoms in total. The molecule has 0 spiro atoms. The van der Waals surface area contributed by atoms with Crippen molar-refractivity contribution in [2.24, 2.45) is 0 Å². The summed E-state index contributed by atoms with van der Waals surface area (Å²) in [5.74, 6) is 1.31. The number of nitrogens with one attached hydrogen (secondary N) is 1. The highest BCUT2D eigenvalue weighted by Crippen LogP contribution is 2.48. The summed E-state index contributed by atoms with van der Waals surface area (Å²) in [6.07, 6.45) is 2.69. The Labute approximate surface area is 223 Å². The van der Waals surface area contributed by atoms with E-state index in [1.165, 1.54) is 36.1 Å². The number of aliphatic hydroxyl groups excluding tert-OH is 1. The summed E-state index contributed by atoms with van der Waals surface area (Å²) in [6.45, 7) is 4.09. The maximum atomic E-state index is 16.0. The van der Waals surface area contributed by atoms with Gasteiger partial charge in [0.2, 0.25) is 11.6 Å². The summed E-state index contributed by atoms with van der Waals surface area (Å²) in [7, 11) is -4.32. The predicted octanol–water partition coefficient (Wildman–Crippen LogP) is 2.14. The number of nitrogens with zero attached hydrogens (tertiary/aromatic N) is 4. The minimum atomic E-state index is -4.32. The highest BCUT2D eigenvalue weighted by Gasteiger charge is 2.58. The van der Waals surface area contributed by atoms with E-state index in [0.717, 1.165) is 0 Å². The zero-order chi connectivity index (χ0) is 28.4. The summed E-state index contributed by atoms with van der Waals surface area (Å²) < 4.78 is 52.9. The fourth-order valence-corrected chi connectivity index (χ4v) is 5.33. The number of para-hydroxylation sites is 1. The third-order valence-corrected chi connectivity index (χ3v) is 7.33. The van der Waals surface area contributed by atoms with Crippen LogP contribution in [0.5, 0.6) is 5.75 Å². The number of aromatic nitrogens is 4. The summed E-state index contributed by atoms with van der Waals surface area (Å²) in [6, 6.07) is 6.93. The van der Waals surface area contributed by atoms with Crippen LogP contribution < -0.4 is 15.3 Å². The van der Waals surface area contributed by atoms with E-state index in [0.29, 0.717) is 0 Å². The van der Waals surface area contributed by atoms with Crippen LogP contribution in [0.25, 0.3) is 11.2 Å². The first kappa shape index (κ1) is 28.4. The van der Waals surface area contributed by atoms with Crippen molar-refractivity contribution in [3.05, 3.63) is 42.9 Å². The highest BCUT2D eigenvalue weighted by atomic mass is 31.2. The van der Waals surface area contributed by atoms with E-state index >= 15 is 4.39 Å². The van der Waals surface area contributed by atoms with Crippen LogP contribution >= 0.6 is 7.75 Å². The molecule has 0 bridgehead atoms. The lowest BCUT2D eigenvalue weighted by molar-refractivity contribution is -0.149. The number of nitrogen functional groups attached to an aromatic ring is 1. The molecule has 1 aromatic carbocycles. The first-order chi connectivity index (χ1) is 18.5. The van der Waals surface area contributed by atoms with Crippen molar-refractivity contribution < 1.29 is 37.4 Å². The van der Waals surface area contributed by atoms with Crippen molar-refractivity contribution in [1.82, 2.24) is 24.6 Å². The van der Waals surface area contributed by atoms with Gasteiger partial charge in [-0.3, -0.25) is 13.9 Å². The number of nitrogens with two attached hydrogens (primary N) is 1. The lowest BCUT2D eigenvalue weighted by atomic mass is 9.97. The number of hydrogen-bond acceptors (Lipinski definition) is 11. The quantitative estimate of drug-likeness (QED) is 0.187. The molecule has 1 aliphatic rings. The number of esters is 1. The highest BCUT2D eigenvalue weighted by molar-refractivity contribution is 7.52. The largest absolute Gasteiger partial charge is 0.462 e. The number of carbonyl (C=O) groups excluding carboxylic acids is 1. The summed E-state index contributed by atoms with van der Waals surface area (Å²) >= 11 is 0. The Morgan fingerprint density at radius 1 is 1.36 bits per heavy atom. The molecule has 208 valence electrons. The van der Waals surface area contributed by atoms with Gasteiger partial charge >= 0.3 is 13.7 Å². The number of carbonyl (C=O) groups is 1. The van der Waals surface area contributed by atoms with E-state index in [-0.39, 0.29) is 22.9 Å². The van der Waals surface area contributed by atoms with Crippen LogP contribution in [0.3, 0.4) is 0 Å². The van der Waals surface area contributed by atoms with E-state index < -0.39 is 56.6 Å². The number of hydrogen-bond donors (Lipinski definition) is 3. The number of halogens is 1. The minimum Gasteiger partial charge on any atom is -0.462 e. The van der Waals surface area contributed by atoms with E-state index in [2.05, 4.69) is 20.0 Å². The fourth-order valence-electron chi connectivity index (χ4n) is 3.83. The molecule has 3 aromatic rings. The standard InChI is InChI=1S/C24H28FN6O7P/c1-5-24(25)19(32)18(37-22(24)31-13-28-17-11-27-23(26)29-20(17)31)12-35-39(34,38-16-9-7-6-8-10-16)30-15(4)21(33)36-14(2)3/h1,6-11,13-15,18-19,22,32H,12H2,2-4H3,(H,30,34)(H2,26,27,29)/t15-,18+,19-,22+,24?,39?/m0/s1. The Balaban J connectivity index is 1.57. The molecule has 4 rings (SSSR count). The molecule has 1 saturated heterocycles. The van der Waals surface area contributed by atoms with Gasteiger partial charge in [0.05, 0.1) is 25.2 Å². The molecule has 1 aliphatic heterocycles. The topological polar surface area (TPSA) is 173 Å². The van der Waals surface area contributed by atoms with E-state index in [1.807, 2.05) is 5.92 Å². The lowest BCUT2D eigenvalue weighted by Crippen LogP contribution is -2.42. The molecule has 0 saturated carbocycles. The van der Waals surface area contributed by atoms with E-state index in [1.54, 1.807) is 32.0 Å². The van der Waals surface area contributed by atoms with Crippen LogP contribution in [0.4, 0.5) is 10.3 Å². The Bertz CT molecular complexity index is 1420. The first-order valence-electron chi connectivity index (χ1n) is 11.9. The number of rotatable bonds is 10. The number of terminal acetylenes is 1. The molecule has 1 fully saturated rings. The molecule has 3 heterocycles. The number of imidazole rings is 1. The van der Waals surface area contributed by atoms with E-state index in [4.69, 9.17) is 30.7 Å². The molecular formula is C24H28FN6O7P. The average Bonchev–Trinajstić information content (AvgIpc) is 3.41. The molecule has 4 N–H and O–H groups in total. The monoisotopic (exact) mass is 562 g/mol. The number of anilines is 1. The minimum absolute atomic E-state index is 0.0944. The Morgan fingerprint density at radius 3 is 2.74 bits per heavy atom. The zero-order valence-corrected chi connectivity index (χ0v) is 22.2. The van der Waals surface area contributed by atoms with Gasteiger partial charge in [-0.25, -0.2) is 18.9 Å². The van der Waals surface area contributed by atoms with Crippen molar-refractivity contribution in [1.29, 1.82) is 0 Å². The summed E-state index contributed by atoms with van der Waals surface area (Å²) in [5.41, 5.74) is 3.31. The first-order valence-corrected chi connectivity index (χ1v) is 13.4. The third kappa shape index (κ3) is 6.03. The van der Waals surface area contributed by atoms with Crippen LogP contribution in [0.15, 0.2) is 42.9 Å². The molecule has 15 heteroatoms. The fraction of sp³-hybridized carbons (Fsp3) is 0.417. The Morgan fingerprint density at radius 2 is 2.08 bits per heavy atom. The van der Waals surface area contributed by atoms with Crippen LogP contribution in [0.1, 0.15) is 27.0 Å². The third-order valence-electron chi connectivity index (χ3n) is 5.69. The van der Waals surface area contributed by atoms with Crippen molar-refractivity contribution in [2.45, 2.75) is 57.0 Å². The molecule has 6 atom stereocenters. The van der Waals surface area contributed by atoms with Gasteiger partial charge in [0.1, 0.15) is 29.5 Å². The Hall–Kier alpha value is -3.60. The molecule has 0 amide bonds. The summed E-state index contributed by atoms with van der Waals surface area (Å²) in [5, 5.41) is 13.3. The van der Waals surface area contributed by atoms with Crippen LogP contribution in [-0.2, 0) is 23.4 Å². The van der Waals surface area contributed by atoms with Crippen molar-refractivity contribution >= 4 is 30.8 Å². The van der Waals surface area contributed by atoms with E-state index in [9.17, 15) is 14.5 Å². The van der Waals surface area contributed by atoms with Crippen molar-refractivity contribution in [2.75, 3.05) is 12.3 Å². The SMILES string of the molecule is C#CC1(F)[C@@H](O)[C@@H](COP(=O)(N[C@@H](C)C(=O)OC(C)C)Oc2ccccc2)O[C@H]1n1cnc2cnc(N)nc21. The lowest BCUT2D eigenvalue weighted by Gasteiger charge is -2.25. The van der Waals surface area contributed by atoms with Gasteiger partial charge in [-0.2, -0.15) is 10.1 Å². The van der Waals surface area contributed by atoms with Gasteiger partial charge in [-0.1, -0.05) is 24.1 Å². The van der Waals surface area contributed by atoms with Crippen LogP contribution in [0, 0.1) is 12.3 Å². The van der Waals surface area contributed by atoms with Gasteiger partial charge in [0, 0.05) is 0 Å². The van der Waals surface area contributed by atoms with Crippen molar-refractivity contribution in [3.8, 4) is 18.1 Å². The number of fused-ring (bicyclic) bond motifs is 1. The zero-order valence-electron chi connectivity index (χ0n) is 21.3. The molecular weight excluding hydrogens is 534 g/mol. The van der Waals surface area contributed by atoms with Gasteiger partial charge in [0.15, 0.2) is 11.9 Å². The number of ether oxygens (including phenoxy) is 2. The van der Waals surface area contributed by atoms with Gasteiger partial charge in [-0.05, 0) is 32.9 Å². The van der Waals surface area contributed by atoms with Crippen molar-refractivity contribution in [3.63, 3.8) is 0 Å². The van der Waals surface area contributed by atoms with Gasteiger partial charge in [0.25, 0.3) is 0 Å². The summed E-state index contributed by atoms with van der Waals surface area (Å²) in [4.78, 5) is 24.3. The van der Waals surface area contributed by atoms with Crippen LogP contribution in [0.2, 0.25) is 0 Å². The molecule has 0 radical (unpaired) electrons.